The molecule has 8 heteroatoms. The number of nitrogens with zero attached hydrogens (tertiary/aromatic N) is 3. The van der Waals surface area contributed by atoms with Crippen molar-refractivity contribution in [2.45, 2.75) is 13.8 Å². The van der Waals surface area contributed by atoms with Crippen LogP contribution >= 0.6 is 11.6 Å². The molecule has 1 aromatic carbocycles. The number of rotatable bonds is 4. The average molecular weight is 335 g/mol. The first kappa shape index (κ1) is 15.5. The Kier molecular flexibility index (Phi) is 3.60. The molecule has 1 amide bonds. The summed E-state index contributed by atoms with van der Waals surface area (Å²) in [5.41, 5.74) is 0.493. The van der Waals surface area contributed by atoms with Crippen molar-refractivity contribution in [1.29, 1.82) is 0 Å². The fourth-order valence-electron chi connectivity index (χ4n) is 2.94. The number of carboxylic acids is 1. The summed E-state index contributed by atoms with van der Waals surface area (Å²) in [7, 11) is 0. The molecule has 120 valence electrons. The van der Waals surface area contributed by atoms with Gasteiger partial charge in [0.2, 0.25) is 5.91 Å². The Morgan fingerprint density at radius 3 is 2.65 bits per heavy atom. The Bertz CT molecular complexity index is 773. The number of halogens is 1. The highest BCUT2D eigenvalue weighted by molar-refractivity contribution is 6.31. The zero-order valence-corrected chi connectivity index (χ0v) is 13.3. The SMILES string of the molecule is CC1(C)C(C(=O)O)C1C(=O)Nc1cc(Cl)ccc1-n1cncn1. The normalized spacial score (nSPS) is 21.7. The third-order valence-electron chi connectivity index (χ3n) is 4.26. The van der Waals surface area contributed by atoms with Crippen LogP contribution in [0, 0.1) is 17.3 Å². The summed E-state index contributed by atoms with van der Waals surface area (Å²) in [6.45, 7) is 3.54. The molecule has 7 nitrogen and oxygen atoms in total. The second kappa shape index (κ2) is 5.34. The summed E-state index contributed by atoms with van der Waals surface area (Å²) in [6.07, 6.45) is 2.88. The van der Waals surface area contributed by atoms with E-state index >= 15 is 0 Å². The number of carbonyl (C=O) groups excluding carboxylic acids is 1. The second-order valence-corrected chi connectivity index (χ2v) is 6.54. The van der Waals surface area contributed by atoms with E-state index < -0.39 is 23.2 Å². The van der Waals surface area contributed by atoms with Crippen molar-refractivity contribution in [3.8, 4) is 5.69 Å². The minimum Gasteiger partial charge on any atom is -0.481 e. The molecule has 1 saturated carbocycles. The summed E-state index contributed by atoms with van der Waals surface area (Å²) < 4.78 is 1.50. The number of amides is 1. The topological polar surface area (TPSA) is 97.1 Å². The minimum atomic E-state index is -0.960. The van der Waals surface area contributed by atoms with Crippen molar-refractivity contribution in [3.05, 3.63) is 35.9 Å². The Balaban J connectivity index is 1.88. The molecule has 1 fully saturated rings. The molecule has 0 bridgehead atoms. The lowest BCUT2D eigenvalue weighted by Gasteiger charge is -2.12. The van der Waals surface area contributed by atoms with Gasteiger partial charge in [0.05, 0.1) is 23.2 Å². The maximum Gasteiger partial charge on any atom is 0.307 e. The van der Waals surface area contributed by atoms with Gasteiger partial charge in [-0.1, -0.05) is 25.4 Å². The molecule has 1 aromatic heterocycles. The maximum atomic E-state index is 12.5. The van der Waals surface area contributed by atoms with Gasteiger partial charge >= 0.3 is 5.97 Å². The number of anilines is 1. The Labute approximate surface area is 137 Å². The lowest BCUT2D eigenvalue weighted by molar-refractivity contribution is -0.140. The van der Waals surface area contributed by atoms with E-state index in [0.29, 0.717) is 16.4 Å². The number of carbonyl (C=O) groups is 2. The molecule has 0 radical (unpaired) electrons. The predicted octanol–water partition coefficient (Wildman–Crippen LogP) is 2.22. The summed E-state index contributed by atoms with van der Waals surface area (Å²) in [4.78, 5) is 27.6. The highest BCUT2D eigenvalue weighted by atomic mass is 35.5. The number of aromatic nitrogens is 3. The van der Waals surface area contributed by atoms with Crippen LogP contribution in [0.3, 0.4) is 0 Å². The third-order valence-corrected chi connectivity index (χ3v) is 4.49. The molecule has 0 saturated heterocycles. The Hall–Kier alpha value is -2.41. The molecule has 2 N–H and O–H groups in total. The molecule has 2 atom stereocenters. The summed E-state index contributed by atoms with van der Waals surface area (Å²) in [5.74, 6) is -2.57. The molecule has 1 heterocycles. The Morgan fingerprint density at radius 1 is 1.35 bits per heavy atom. The van der Waals surface area contributed by atoms with Gasteiger partial charge in [-0.15, -0.1) is 0 Å². The van der Waals surface area contributed by atoms with Gasteiger partial charge in [-0.3, -0.25) is 9.59 Å². The van der Waals surface area contributed by atoms with E-state index in [1.807, 2.05) is 0 Å². The van der Waals surface area contributed by atoms with Gasteiger partial charge < -0.3 is 10.4 Å². The van der Waals surface area contributed by atoms with Crippen LogP contribution in [-0.4, -0.2) is 31.7 Å². The number of aliphatic carboxylic acids is 1. The monoisotopic (exact) mass is 334 g/mol. The molecule has 23 heavy (non-hydrogen) atoms. The van der Waals surface area contributed by atoms with Crippen LogP contribution in [0.15, 0.2) is 30.9 Å². The first-order chi connectivity index (χ1) is 10.8. The zero-order valence-electron chi connectivity index (χ0n) is 12.5. The van der Waals surface area contributed by atoms with Crippen molar-refractivity contribution in [1.82, 2.24) is 14.8 Å². The minimum absolute atomic E-state index is 0.342. The molecular weight excluding hydrogens is 320 g/mol. The quantitative estimate of drug-likeness (QED) is 0.893. The second-order valence-electron chi connectivity index (χ2n) is 6.11. The van der Waals surface area contributed by atoms with Crippen molar-refractivity contribution < 1.29 is 14.7 Å². The van der Waals surface area contributed by atoms with Gasteiger partial charge in [-0.05, 0) is 23.6 Å². The number of nitrogens with one attached hydrogen (secondary N) is 1. The van der Waals surface area contributed by atoms with Crippen molar-refractivity contribution in [2.24, 2.45) is 17.3 Å². The highest BCUT2D eigenvalue weighted by Crippen LogP contribution is 2.58. The lowest BCUT2D eigenvalue weighted by atomic mass is 10.1. The largest absolute Gasteiger partial charge is 0.481 e. The van der Waals surface area contributed by atoms with Crippen LogP contribution in [0.4, 0.5) is 5.69 Å². The number of benzene rings is 1. The zero-order chi connectivity index (χ0) is 16.8. The summed E-state index contributed by atoms with van der Waals surface area (Å²) in [5, 5.41) is 16.5. The van der Waals surface area contributed by atoms with Crippen LogP contribution < -0.4 is 5.32 Å². The highest BCUT2D eigenvalue weighted by Gasteiger charge is 2.65. The van der Waals surface area contributed by atoms with Crippen molar-refractivity contribution in [2.75, 3.05) is 5.32 Å². The standard InChI is InChI=1S/C15H15ClN4O3/c1-15(2)11(12(15)14(22)23)13(21)19-9-5-8(16)3-4-10(9)20-7-17-6-18-20/h3-7,11-12H,1-2H3,(H,19,21)(H,22,23). The molecule has 0 aliphatic heterocycles. The van der Waals surface area contributed by atoms with E-state index in [2.05, 4.69) is 15.4 Å². The van der Waals surface area contributed by atoms with Crippen LogP contribution in [0.1, 0.15) is 13.8 Å². The maximum absolute atomic E-state index is 12.5. The van der Waals surface area contributed by atoms with E-state index in [0.717, 1.165) is 0 Å². The van der Waals surface area contributed by atoms with Gasteiger partial charge in [0.25, 0.3) is 0 Å². The van der Waals surface area contributed by atoms with Gasteiger partial charge in [-0.25, -0.2) is 9.67 Å². The van der Waals surface area contributed by atoms with Gasteiger partial charge in [0.15, 0.2) is 0 Å². The molecule has 1 aliphatic rings. The number of hydrogen-bond acceptors (Lipinski definition) is 4. The van der Waals surface area contributed by atoms with Gasteiger partial charge in [0, 0.05) is 5.02 Å². The molecule has 2 unspecified atom stereocenters. The van der Waals surface area contributed by atoms with E-state index in [4.69, 9.17) is 11.6 Å². The van der Waals surface area contributed by atoms with Crippen LogP contribution in [0.2, 0.25) is 5.02 Å². The molecular formula is C15H15ClN4O3. The van der Waals surface area contributed by atoms with Crippen molar-refractivity contribution >= 4 is 29.2 Å². The van der Waals surface area contributed by atoms with Gasteiger partial charge in [0.1, 0.15) is 12.7 Å². The van der Waals surface area contributed by atoms with E-state index in [9.17, 15) is 14.7 Å². The Morgan fingerprint density at radius 2 is 2.09 bits per heavy atom. The average Bonchev–Trinajstić information content (AvgIpc) is 2.84. The fourth-order valence-corrected chi connectivity index (χ4v) is 3.11. The third kappa shape index (κ3) is 2.68. The van der Waals surface area contributed by atoms with E-state index in [-0.39, 0.29) is 5.91 Å². The first-order valence-corrected chi connectivity index (χ1v) is 7.38. The van der Waals surface area contributed by atoms with E-state index in [1.165, 1.54) is 17.3 Å². The fraction of sp³-hybridized carbons (Fsp3) is 0.333. The van der Waals surface area contributed by atoms with Crippen LogP contribution in [0.5, 0.6) is 0 Å². The van der Waals surface area contributed by atoms with Gasteiger partial charge in [-0.2, -0.15) is 5.10 Å². The molecule has 2 aromatic rings. The first-order valence-electron chi connectivity index (χ1n) is 7.00. The van der Waals surface area contributed by atoms with E-state index in [1.54, 1.807) is 32.0 Å². The summed E-state index contributed by atoms with van der Waals surface area (Å²) in [6, 6.07) is 4.98. The number of hydrogen-bond donors (Lipinski definition) is 2. The predicted molar refractivity (Wildman–Crippen MR) is 83.4 cm³/mol. The lowest BCUT2D eigenvalue weighted by Crippen LogP contribution is -2.19. The number of carboxylic acid groups (broad SMARTS) is 1. The smallest absolute Gasteiger partial charge is 0.307 e. The van der Waals surface area contributed by atoms with Crippen molar-refractivity contribution in [3.63, 3.8) is 0 Å². The molecule has 3 rings (SSSR count). The van der Waals surface area contributed by atoms with Crippen LogP contribution in [-0.2, 0) is 9.59 Å². The summed E-state index contributed by atoms with van der Waals surface area (Å²) >= 11 is 6.00. The van der Waals surface area contributed by atoms with Crippen LogP contribution in [0.25, 0.3) is 5.69 Å². The molecule has 1 aliphatic carbocycles. The molecule has 0 spiro atoms.